The molecular formula is C12H15F3N4O2S. The number of anilines is 1. The minimum absolute atomic E-state index is 0.0525. The first-order chi connectivity index (χ1) is 10.4. The zero-order chi connectivity index (χ0) is 16.2. The number of alkyl halides is 3. The maximum absolute atomic E-state index is 12.7. The van der Waals surface area contributed by atoms with Crippen LogP contribution in [-0.4, -0.2) is 41.4 Å². The quantitative estimate of drug-likeness (QED) is 0.815. The molecule has 1 saturated heterocycles. The molecule has 0 amide bonds. The van der Waals surface area contributed by atoms with Gasteiger partial charge in [0.25, 0.3) is 0 Å². The molecular weight excluding hydrogens is 321 g/mol. The van der Waals surface area contributed by atoms with Crippen LogP contribution in [0.25, 0.3) is 0 Å². The molecule has 0 aliphatic carbocycles. The molecule has 0 spiro atoms. The van der Waals surface area contributed by atoms with E-state index in [1.807, 2.05) is 0 Å². The van der Waals surface area contributed by atoms with E-state index in [4.69, 9.17) is 21.7 Å². The first-order valence-electron chi connectivity index (χ1n) is 6.55. The van der Waals surface area contributed by atoms with Crippen molar-refractivity contribution in [3.63, 3.8) is 0 Å². The van der Waals surface area contributed by atoms with Crippen molar-refractivity contribution in [3.05, 3.63) is 11.8 Å². The van der Waals surface area contributed by atoms with E-state index in [0.29, 0.717) is 19.2 Å². The Morgan fingerprint density at radius 1 is 1.50 bits per heavy atom. The fourth-order valence-electron chi connectivity index (χ4n) is 1.89. The Morgan fingerprint density at radius 2 is 2.27 bits per heavy atom. The number of nitrogens with zero attached hydrogens (tertiary/aromatic N) is 2. The monoisotopic (exact) mass is 336 g/mol. The Hall–Kier alpha value is -1.68. The molecule has 0 bridgehead atoms. The summed E-state index contributed by atoms with van der Waals surface area (Å²) in [5.74, 6) is -0.483. The lowest BCUT2D eigenvalue weighted by Crippen LogP contribution is -2.35. The molecule has 2 N–H and O–H groups in total. The van der Waals surface area contributed by atoms with Crippen LogP contribution >= 0.6 is 12.2 Å². The van der Waals surface area contributed by atoms with E-state index in [-0.39, 0.29) is 23.0 Å². The van der Waals surface area contributed by atoms with E-state index in [1.54, 1.807) is 0 Å². The minimum Gasteiger partial charge on any atom is -0.481 e. The van der Waals surface area contributed by atoms with Crippen LogP contribution in [0.2, 0.25) is 0 Å². The van der Waals surface area contributed by atoms with Crippen molar-refractivity contribution < 1.29 is 22.6 Å². The van der Waals surface area contributed by atoms with Gasteiger partial charge in [0.05, 0.1) is 13.2 Å². The maximum atomic E-state index is 12.7. The molecule has 2 rings (SSSR count). The third-order valence-electron chi connectivity index (χ3n) is 2.94. The standard InChI is InChI=1S/C12H15F3N4O2S/c1-20-9-5-8(12(13,14)15)17-10(18-9)19-11(22)16-6-7-3-2-4-21-7/h5,7H,2-4,6H2,1H3,(H2,16,17,18,19,22). The average Bonchev–Trinajstić information content (AvgIpc) is 2.97. The van der Waals surface area contributed by atoms with E-state index in [9.17, 15) is 13.2 Å². The van der Waals surface area contributed by atoms with Gasteiger partial charge in [-0.2, -0.15) is 18.2 Å². The van der Waals surface area contributed by atoms with E-state index in [0.717, 1.165) is 12.8 Å². The van der Waals surface area contributed by atoms with Crippen molar-refractivity contribution in [2.45, 2.75) is 25.1 Å². The Morgan fingerprint density at radius 3 is 2.86 bits per heavy atom. The minimum atomic E-state index is -4.60. The fraction of sp³-hybridized carbons (Fsp3) is 0.583. The number of aromatic nitrogens is 2. The molecule has 1 aromatic heterocycles. The van der Waals surface area contributed by atoms with Crippen LogP contribution in [0.5, 0.6) is 5.88 Å². The van der Waals surface area contributed by atoms with E-state index in [2.05, 4.69) is 20.6 Å². The lowest BCUT2D eigenvalue weighted by atomic mass is 10.2. The number of methoxy groups -OCH3 is 1. The predicted molar refractivity (Wildman–Crippen MR) is 76.8 cm³/mol. The first-order valence-corrected chi connectivity index (χ1v) is 6.96. The molecule has 1 aromatic rings. The molecule has 1 atom stereocenters. The highest BCUT2D eigenvalue weighted by molar-refractivity contribution is 7.80. The normalized spacial score (nSPS) is 18.1. The molecule has 0 aromatic carbocycles. The molecule has 1 aliphatic rings. The number of rotatable bonds is 4. The van der Waals surface area contributed by atoms with Crippen LogP contribution in [0.3, 0.4) is 0 Å². The summed E-state index contributed by atoms with van der Waals surface area (Å²) < 4.78 is 48.3. The van der Waals surface area contributed by atoms with Gasteiger partial charge in [-0.15, -0.1) is 0 Å². The second-order valence-corrected chi connectivity index (χ2v) is 5.00. The number of ether oxygens (including phenoxy) is 2. The summed E-state index contributed by atoms with van der Waals surface area (Å²) in [5.41, 5.74) is -1.11. The highest BCUT2D eigenvalue weighted by Gasteiger charge is 2.34. The van der Waals surface area contributed by atoms with Crippen molar-refractivity contribution in [1.82, 2.24) is 15.3 Å². The van der Waals surface area contributed by atoms with Gasteiger partial charge >= 0.3 is 6.18 Å². The molecule has 122 valence electrons. The summed E-state index contributed by atoms with van der Waals surface area (Å²) in [6.07, 6.45) is -2.64. The summed E-state index contributed by atoms with van der Waals surface area (Å²) in [4.78, 5) is 7.17. The number of hydrogen-bond acceptors (Lipinski definition) is 5. The topological polar surface area (TPSA) is 68.3 Å². The third-order valence-corrected chi connectivity index (χ3v) is 3.19. The second kappa shape index (κ2) is 7.05. The second-order valence-electron chi connectivity index (χ2n) is 4.59. The lowest BCUT2D eigenvalue weighted by molar-refractivity contribution is -0.141. The highest BCUT2D eigenvalue weighted by atomic mass is 32.1. The van der Waals surface area contributed by atoms with Gasteiger partial charge < -0.3 is 20.1 Å². The lowest BCUT2D eigenvalue weighted by Gasteiger charge is -2.14. The van der Waals surface area contributed by atoms with Crippen molar-refractivity contribution >= 4 is 23.3 Å². The third kappa shape index (κ3) is 4.67. The van der Waals surface area contributed by atoms with Gasteiger partial charge in [0.15, 0.2) is 10.8 Å². The summed E-state index contributed by atoms with van der Waals surface area (Å²) in [5, 5.41) is 5.50. The smallest absolute Gasteiger partial charge is 0.433 e. The number of thiocarbonyl (C=S) groups is 1. The van der Waals surface area contributed by atoms with Crippen LogP contribution in [0.4, 0.5) is 19.1 Å². The molecule has 0 radical (unpaired) electrons. The Labute approximate surface area is 130 Å². The van der Waals surface area contributed by atoms with Gasteiger partial charge in [0.1, 0.15) is 0 Å². The summed E-state index contributed by atoms with van der Waals surface area (Å²) in [6, 6.07) is 0.716. The molecule has 22 heavy (non-hydrogen) atoms. The van der Waals surface area contributed by atoms with Gasteiger partial charge in [-0.25, -0.2) is 4.98 Å². The van der Waals surface area contributed by atoms with Gasteiger partial charge in [-0.05, 0) is 25.1 Å². The molecule has 10 heteroatoms. The SMILES string of the molecule is COc1cc(C(F)(F)F)nc(NC(=S)NCC2CCCO2)n1. The zero-order valence-electron chi connectivity index (χ0n) is 11.7. The Balaban J connectivity index is 1.99. The molecule has 1 unspecified atom stereocenters. The maximum Gasteiger partial charge on any atom is 0.433 e. The number of nitrogens with one attached hydrogen (secondary N) is 2. The fourth-order valence-corrected chi connectivity index (χ4v) is 2.06. The largest absolute Gasteiger partial charge is 0.481 e. The molecule has 6 nitrogen and oxygen atoms in total. The van der Waals surface area contributed by atoms with Crippen molar-refractivity contribution in [2.75, 3.05) is 25.6 Å². The van der Waals surface area contributed by atoms with Crippen molar-refractivity contribution in [2.24, 2.45) is 0 Å². The predicted octanol–water partition coefficient (Wildman–Crippen LogP) is 1.97. The van der Waals surface area contributed by atoms with Crippen LogP contribution in [-0.2, 0) is 10.9 Å². The van der Waals surface area contributed by atoms with Crippen LogP contribution < -0.4 is 15.4 Å². The van der Waals surface area contributed by atoms with Gasteiger partial charge in [0.2, 0.25) is 11.8 Å². The van der Waals surface area contributed by atoms with Crippen molar-refractivity contribution in [3.8, 4) is 5.88 Å². The van der Waals surface area contributed by atoms with Gasteiger partial charge in [0, 0.05) is 19.2 Å². The summed E-state index contributed by atoms with van der Waals surface area (Å²) in [7, 11) is 1.22. The molecule has 1 fully saturated rings. The highest BCUT2D eigenvalue weighted by Crippen LogP contribution is 2.30. The number of hydrogen-bond donors (Lipinski definition) is 2. The number of halogens is 3. The van der Waals surface area contributed by atoms with Crippen LogP contribution in [0.15, 0.2) is 6.07 Å². The average molecular weight is 336 g/mol. The molecule has 0 saturated carbocycles. The summed E-state index contributed by atoms with van der Waals surface area (Å²) in [6.45, 7) is 1.18. The Bertz CT molecular complexity index is 536. The van der Waals surface area contributed by atoms with E-state index < -0.39 is 11.9 Å². The van der Waals surface area contributed by atoms with Gasteiger partial charge in [-0.3, -0.25) is 0 Å². The molecule has 1 aliphatic heterocycles. The summed E-state index contributed by atoms with van der Waals surface area (Å²) >= 11 is 5.01. The van der Waals surface area contributed by atoms with Crippen LogP contribution in [0.1, 0.15) is 18.5 Å². The van der Waals surface area contributed by atoms with E-state index in [1.165, 1.54) is 7.11 Å². The van der Waals surface area contributed by atoms with E-state index >= 15 is 0 Å². The Kier molecular flexibility index (Phi) is 5.35. The van der Waals surface area contributed by atoms with Crippen molar-refractivity contribution in [1.29, 1.82) is 0 Å². The molecule has 2 heterocycles. The first kappa shape index (κ1) is 16.7. The van der Waals surface area contributed by atoms with Crippen LogP contribution in [0, 0.1) is 0 Å². The zero-order valence-corrected chi connectivity index (χ0v) is 12.6. The van der Waals surface area contributed by atoms with Gasteiger partial charge in [-0.1, -0.05) is 0 Å².